The van der Waals surface area contributed by atoms with Gasteiger partial charge in [0.25, 0.3) is 0 Å². The number of alkyl halides is 2. The van der Waals surface area contributed by atoms with Crippen molar-refractivity contribution in [3.05, 3.63) is 36.2 Å². The first-order valence-corrected chi connectivity index (χ1v) is 7.66. The molecule has 0 bridgehead atoms. The lowest BCUT2D eigenvalue weighted by Gasteiger charge is -2.06. The number of rotatable bonds is 9. The Balaban J connectivity index is 1.91. The normalized spacial score (nSPS) is 11.0. The van der Waals surface area contributed by atoms with Gasteiger partial charge < -0.3 is 14.0 Å². The van der Waals surface area contributed by atoms with Gasteiger partial charge in [0.15, 0.2) is 10.9 Å². The molecule has 1 aromatic carbocycles. The Morgan fingerprint density at radius 3 is 2.74 bits per heavy atom. The van der Waals surface area contributed by atoms with Crippen molar-refractivity contribution in [2.45, 2.75) is 18.3 Å². The Morgan fingerprint density at radius 1 is 1.35 bits per heavy atom. The summed E-state index contributed by atoms with van der Waals surface area (Å²) < 4.78 is 35.2. The molecule has 0 saturated carbocycles. The first kappa shape index (κ1) is 17.4. The van der Waals surface area contributed by atoms with Crippen LogP contribution in [0.3, 0.4) is 0 Å². The van der Waals surface area contributed by atoms with Crippen LogP contribution in [0.25, 0.3) is 0 Å². The van der Waals surface area contributed by atoms with Gasteiger partial charge in [-0.3, -0.25) is 4.79 Å². The monoisotopic (exact) mass is 343 g/mol. The number of hydrogen-bond donors (Lipinski definition) is 0. The number of benzene rings is 1. The summed E-state index contributed by atoms with van der Waals surface area (Å²) in [6, 6.07) is 5.59. The van der Waals surface area contributed by atoms with Gasteiger partial charge in [0.1, 0.15) is 12.1 Å². The van der Waals surface area contributed by atoms with Crippen molar-refractivity contribution in [3.8, 4) is 5.75 Å². The number of aromatic nitrogens is 3. The van der Waals surface area contributed by atoms with Gasteiger partial charge in [0, 0.05) is 19.2 Å². The molecule has 0 aliphatic carbocycles. The molecule has 0 atom stereocenters. The molecule has 0 fully saturated rings. The third-order valence-electron chi connectivity index (χ3n) is 2.85. The van der Waals surface area contributed by atoms with Crippen molar-refractivity contribution in [3.63, 3.8) is 0 Å². The SMILES string of the molecule is COCCn1cnnc1SCC(=O)c1ccc(OC(F)F)cc1. The van der Waals surface area contributed by atoms with Crippen molar-refractivity contribution in [1.29, 1.82) is 0 Å². The lowest BCUT2D eigenvalue weighted by atomic mass is 10.1. The number of halogens is 2. The average Bonchev–Trinajstić information content (AvgIpc) is 2.98. The quantitative estimate of drug-likeness (QED) is 0.515. The van der Waals surface area contributed by atoms with E-state index in [1.54, 1.807) is 18.0 Å². The summed E-state index contributed by atoms with van der Waals surface area (Å²) in [5.41, 5.74) is 0.419. The van der Waals surface area contributed by atoms with E-state index in [0.717, 1.165) is 0 Å². The Kier molecular flexibility index (Phi) is 6.48. The van der Waals surface area contributed by atoms with Gasteiger partial charge in [-0.05, 0) is 24.3 Å². The molecule has 0 amide bonds. The molecule has 2 rings (SSSR count). The van der Waals surface area contributed by atoms with Crippen LogP contribution >= 0.6 is 11.8 Å². The molecule has 0 radical (unpaired) electrons. The van der Waals surface area contributed by atoms with E-state index in [2.05, 4.69) is 14.9 Å². The summed E-state index contributed by atoms with van der Waals surface area (Å²) in [5, 5.41) is 8.37. The number of ketones is 1. The maximum Gasteiger partial charge on any atom is 0.387 e. The topological polar surface area (TPSA) is 66.2 Å². The Hall–Kier alpha value is -2.00. The highest BCUT2D eigenvalue weighted by atomic mass is 32.2. The second-order valence-corrected chi connectivity index (χ2v) is 5.36. The number of methoxy groups -OCH3 is 1. The van der Waals surface area contributed by atoms with E-state index >= 15 is 0 Å². The molecule has 9 heteroatoms. The number of carbonyl (C=O) groups is 1. The molecule has 0 unspecified atom stereocenters. The zero-order chi connectivity index (χ0) is 16.7. The van der Waals surface area contributed by atoms with Gasteiger partial charge in [0.05, 0.1) is 12.4 Å². The van der Waals surface area contributed by atoms with Crippen molar-refractivity contribution in [1.82, 2.24) is 14.8 Å². The van der Waals surface area contributed by atoms with Crippen LogP contribution in [0.5, 0.6) is 5.75 Å². The van der Waals surface area contributed by atoms with E-state index in [4.69, 9.17) is 4.74 Å². The van der Waals surface area contributed by atoms with Gasteiger partial charge in [-0.15, -0.1) is 10.2 Å². The van der Waals surface area contributed by atoms with E-state index < -0.39 is 6.61 Å². The molecule has 0 spiro atoms. The van der Waals surface area contributed by atoms with Crippen LogP contribution in [0.15, 0.2) is 35.7 Å². The van der Waals surface area contributed by atoms with Crippen molar-refractivity contribution >= 4 is 17.5 Å². The van der Waals surface area contributed by atoms with Crippen molar-refractivity contribution < 1.29 is 23.0 Å². The summed E-state index contributed by atoms with van der Waals surface area (Å²) in [5.74, 6) is 0.0455. The van der Waals surface area contributed by atoms with E-state index in [0.29, 0.717) is 23.9 Å². The number of carbonyl (C=O) groups excluding carboxylic acids is 1. The lowest BCUT2D eigenvalue weighted by Crippen LogP contribution is -2.07. The van der Waals surface area contributed by atoms with Crippen LogP contribution in [0.1, 0.15) is 10.4 Å². The van der Waals surface area contributed by atoms with E-state index in [9.17, 15) is 13.6 Å². The Morgan fingerprint density at radius 2 is 2.09 bits per heavy atom. The number of ether oxygens (including phenoxy) is 2. The van der Waals surface area contributed by atoms with Crippen LogP contribution in [0.2, 0.25) is 0 Å². The zero-order valence-electron chi connectivity index (χ0n) is 12.3. The van der Waals surface area contributed by atoms with Gasteiger partial charge >= 0.3 is 6.61 Å². The molecule has 0 N–H and O–H groups in total. The van der Waals surface area contributed by atoms with Gasteiger partial charge in [-0.2, -0.15) is 8.78 Å². The van der Waals surface area contributed by atoms with E-state index in [-0.39, 0.29) is 17.3 Å². The molecule has 124 valence electrons. The van der Waals surface area contributed by atoms with Gasteiger partial charge in [-0.25, -0.2) is 0 Å². The predicted molar refractivity (Wildman–Crippen MR) is 80.0 cm³/mol. The minimum Gasteiger partial charge on any atom is -0.435 e. The van der Waals surface area contributed by atoms with Crippen LogP contribution in [-0.2, 0) is 11.3 Å². The minimum absolute atomic E-state index is 0.0171. The third-order valence-corrected chi connectivity index (χ3v) is 3.83. The molecule has 0 saturated heterocycles. The largest absolute Gasteiger partial charge is 0.435 e. The van der Waals surface area contributed by atoms with Gasteiger partial charge in [0.2, 0.25) is 0 Å². The molecule has 0 aliphatic heterocycles. The second-order valence-electron chi connectivity index (χ2n) is 4.41. The highest BCUT2D eigenvalue weighted by Gasteiger charge is 2.11. The molecule has 1 aromatic heterocycles. The Labute approximate surface area is 135 Å². The second kappa shape index (κ2) is 8.59. The summed E-state index contributed by atoms with van der Waals surface area (Å²) >= 11 is 1.25. The molecule has 1 heterocycles. The van der Waals surface area contributed by atoms with Crippen LogP contribution in [0, 0.1) is 0 Å². The zero-order valence-corrected chi connectivity index (χ0v) is 13.1. The first-order valence-electron chi connectivity index (χ1n) is 6.67. The molecular weight excluding hydrogens is 328 g/mol. The summed E-state index contributed by atoms with van der Waals surface area (Å²) in [4.78, 5) is 12.1. The molecule has 2 aromatic rings. The van der Waals surface area contributed by atoms with Crippen molar-refractivity contribution in [2.24, 2.45) is 0 Å². The summed E-state index contributed by atoms with van der Waals surface area (Å²) in [7, 11) is 1.60. The van der Waals surface area contributed by atoms with Gasteiger partial charge in [-0.1, -0.05) is 11.8 Å². The number of Topliss-reactive ketones (excluding diaryl/α,β-unsaturated/α-hetero) is 1. The lowest BCUT2D eigenvalue weighted by molar-refractivity contribution is -0.0498. The first-order chi connectivity index (χ1) is 11.1. The van der Waals surface area contributed by atoms with Crippen LogP contribution in [0.4, 0.5) is 8.78 Å². The standard InChI is InChI=1S/C14H15F2N3O3S/c1-21-7-6-19-9-17-18-14(19)23-8-12(20)10-2-4-11(5-3-10)22-13(15)16/h2-5,9,13H,6-8H2,1H3. The molecule has 0 aliphatic rings. The average molecular weight is 343 g/mol. The van der Waals surface area contributed by atoms with Crippen LogP contribution < -0.4 is 4.74 Å². The highest BCUT2D eigenvalue weighted by molar-refractivity contribution is 7.99. The smallest absolute Gasteiger partial charge is 0.387 e. The third kappa shape index (κ3) is 5.29. The fourth-order valence-corrected chi connectivity index (χ4v) is 2.57. The summed E-state index contributed by atoms with van der Waals surface area (Å²) in [6.45, 7) is -1.77. The highest BCUT2D eigenvalue weighted by Crippen LogP contribution is 2.19. The maximum absolute atomic E-state index is 12.1. The fourth-order valence-electron chi connectivity index (χ4n) is 1.73. The minimum atomic E-state index is -2.88. The predicted octanol–water partition coefficient (Wildman–Crippen LogP) is 2.50. The van der Waals surface area contributed by atoms with Crippen molar-refractivity contribution in [2.75, 3.05) is 19.5 Å². The number of thioether (sulfide) groups is 1. The van der Waals surface area contributed by atoms with Crippen LogP contribution in [-0.4, -0.2) is 46.6 Å². The van der Waals surface area contributed by atoms with E-state index in [1.807, 2.05) is 0 Å². The van der Waals surface area contributed by atoms with E-state index in [1.165, 1.54) is 36.0 Å². The molecule has 6 nitrogen and oxygen atoms in total. The summed E-state index contributed by atoms with van der Waals surface area (Å²) in [6.07, 6.45) is 1.57. The molecule has 23 heavy (non-hydrogen) atoms. The fraction of sp³-hybridized carbons (Fsp3) is 0.357. The maximum atomic E-state index is 12.1. The Bertz CT molecular complexity index is 634. The number of hydrogen-bond acceptors (Lipinski definition) is 6. The molecular formula is C14H15F2N3O3S. The number of nitrogens with zero attached hydrogens (tertiary/aromatic N) is 3.